The highest BCUT2D eigenvalue weighted by Gasteiger charge is 2.55. The van der Waals surface area contributed by atoms with Gasteiger partial charge in [0.05, 0.1) is 11.4 Å². The Labute approximate surface area is 200 Å². The maximum absolute atomic E-state index is 13.5. The number of carbonyl (C=O) groups is 2. The average molecular weight is 468 g/mol. The molecule has 0 bridgehead atoms. The van der Waals surface area contributed by atoms with Gasteiger partial charge < -0.3 is 15.2 Å². The Balaban J connectivity index is 1.50. The van der Waals surface area contributed by atoms with Crippen LogP contribution in [0, 0.1) is 0 Å². The van der Waals surface area contributed by atoms with Crippen molar-refractivity contribution in [1.82, 2.24) is 5.32 Å². The lowest BCUT2D eigenvalue weighted by Gasteiger charge is -2.29. The molecule has 1 aliphatic carbocycles. The van der Waals surface area contributed by atoms with Crippen LogP contribution >= 0.6 is 11.8 Å². The largest absolute Gasteiger partial charge is 0.508 e. The molecule has 3 unspecified atom stereocenters. The zero-order chi connectivity index (χ0) is 23.6. The monoisotopic (exact) mass is 467 g/mol. The number of hydrogen-bond donors (Lipinski definition) is 2. The normalized spacial score (nSPS) is 23.4. The fourth-order valence-electron chi connectivity index (χ4n) is 4.76. The summed E-state index contributed by atoms with van der Waals surface area (Å²) in [6, 6.07) is 15.6. The summed E-state index contributed by atoms with van der Waals surface area (Å²) in [6.45, 7) is 6.65. The lowest BCUT2D eigenvalue weighted by atomic mass is 9.87. The van der Waals surface area contributed by atoms with Gasteiger partial charge in [-0.3, -0.25) is 9.59 Å². The van der Waals surface area contributed by atoms with E-state index in [2.05, 4.69) is 50.4 Å². The van der Waals surface area contributed by atoms with Crippen molar-refractivity contribution >= 4 is 23.5 Å². The number of rotatable bonds is 7. The summed E-state index contributed by atoms with van der Waals surface area (Å²) >= 11 is 1.57. The van der Waals surface area contributed by atoms with Crippen LogP contribution in [0.3, 0.4) is 0 Å². The second kappa shape index (κ2) is 9.51. The third-order valence-electron chi connectivity index (χ3n) is 6.74. The van der Waals surface area contributed by atoms with E-state index in [1.54, 1.807) is 30.0 Å². The number of fused-ring (bicyclic) bond motifs is 1. The van der Waals surface area contributed by atoms with Gasteiger partial charge in [-0.25, -0.2) is 0 Å². The number of nitrogens with one attached hydrogen (secondary N) is 1. The molecule has 2 aromatic rings. The summed E-state index contributed by atoms with van der Waals surface area (Å²) in [7, 11) is 0. The van der Waals surface area contributed by atoms with Crippen LogP contribution in [0.4, 0.5) is 0 Å². The first-order valence-electron chi connectivity index (χ1n) is 11.6. The van der Waals surface area contributed by atoms with Gasteiger partial charge in [0, 0.05) is 5.75 Å². The molecule has 176 valence electrons. The maximum Gasteiger partial charge on any atom is 0.234 e. The summed E-state index contributed by atoms with van der Waals surface area (Å²) in [4.78, 5) is 26.1. The summed E-state index contributed by atoms with van der Waals surface area (Å²) in [5, 5.41) is 12.6. The highest BCUT2D eigenvalue weighted by atomic mass is 32.2. The zero-order valence-electron chi connectivity index (χ0n) is 19.6. The quantitative estimate of drug-likeness (QED) is 0.625. The number of thioether (sulfide) groups is 1. The number of phenolic OH excluding ortho intramolecular Hbond substituents is 1. The summed E-state index contributed by atoms with van der Waals surface area (Å²) in [6.07, 6.45) is 2.57. The number of amides is 1. The molecule has 1 saturated heterocycles. The third-order valence-corrected chi connectivity index (χ3v) is 8.02. The minimum Gasteiger partial charge on any atom is -0.508 e. The van der Waals surface area contributed by atoms with Crippen LogP contribution in [0.2, 0.25) is 0 Å². The molecule has 6 heteroatoms. The number of carbonyl (C=O) groups excluding carboxylic acids is 2. The highest BCUT2D eigenvalue weighted by molar-refractivity contribution is 7.99. The highest BCUT2D eigenvalue weighted by Crippen LogP contribution is 2.38. The molecule has 0 aromatic heterocycles. The van der Waals surface area contributed by atoms with Gasteiger partial charge in [-0.2, -0.15) is 0 Å². The van der Waals surface area contributed by atoms with Gasteiger partial charge in [-0.1, -0.05) is 57.2 Å². The van der Waals surface area contributed by atoms with E-state index in [1.807, 2.05) is 6.07 Å². The number of phenols is 1. The molecule has 5 nitrogen and oxygen atoms in total. The van der Waals surface area contributed by atoms with Crippen molar-refractivity contribution in [2.75, 3.05) is 6.61 Å². The fourth-order valence-corrected chi connectivity index (χ4v) is 5.87. The Morgan fingerprint density at radius 1 is 1.21 bits per heavy atom. The fraction of sp³-hybridized carbons (Fsp3) is 0.481. The van der Waals surface area contributed by atoms with Crippen LogP contribution in [-0.2, 0) is 31.9 Å². The van der Waals surface area contributed by atoms with Crippen molar-refractivity contribution < 1.29 is 19.4 Å². The van der Waals surface area contributed by atoms with Gasteiger partial charge in [0.15, 0.2) is 5.78 Å². The van der Waals surface area contributed by atoms with Crippen molar-refractivity contribution in [1.29, 1.82) is 0 Å². The SMILES string of the molecule is CC(C)(C)c1ccc(CSC(Cc2cccc(O)c2)C(=O)NC23CCCC2OCC3=O)cc1. The Morgan fingerprint density at radius 2 is 1.97 bits per heavy atom. The standard InChI is InChI=1S/C27H33NO4S/c1-26(2,3)20-11-9-18(10-12-20)17-33-22(15-19-6-4-7-21(29)14-19)25(31)28-27-13-5-8-24(27)32-16-23(27)30/h4,6-7,9-12,14,22,24,29H,5,8,13,15-17H2,1-3H3,(H,28,31). The number of benzene rings is 2. The number of hydrogen-bond acceptors (Lipinski definition) is 5. The Hall–Kier alpha value is -2.31. The predicted octanol–water partition coefficient (Wildman–Crippen LogP) is 4.54. The Bertz CT molecular complexity index is 1010. The third kappa shape index (κ3) is 5.28. The first kappa shape index (κ1) is 23.8. The molecular weight excluding hydrogens is 434 g/mol. The number of ether oxygens (including phenoxy) is 1. The van der Waals surface area contributed by atoms with Crippen molar-refractivity contribution in [3.8, 4) is 5.75 Å². The number of aromatic hydroxyl groups is 1. The summed E-state index contributed by atoms with van der Waals surface area (Å²) < 4.78 is 5.67. The molecule has 2 aromatic carbocycles. The van der Waals surface area contributed by atoms with Gasteiger partial charge in [0.2, 0.25) is 5.91 Å². The van der Waals surface area contributed by atoms with E-state index < -0.39 is 10.8 Å². The molecule has 2 fully saturated rings. The van der Waals surface area contributed by atoms with Gasteiger partial charge in [-0.05, 0) is 59.9 Å². The second-order valence-electron chi connectivity index (χ2n) is 10.2. The Morgan fingerprint density at radius 3 is 2.67 bits per heavy atom. The topological polar surface area (TPSA) is 75.6 Å². The molecule has 3 atom stereocenters. The van der Waals surface area contributed by atoms with E-state index in [0.717, 1.165) is 24.0 Å². The van der Waals surface area contributed by atoms with Crippen LogP contribution in [0.1, 0.15) is 56.7 Å². The van der Waals surface area contributed by atoms with Gasteiger partial charge >= 0.3 is 0 Å². The van der Waals surface area contributed by atoms with Crippen LogP contribution < -0.4 is 5.32 Å². The van der Waals surface area contributed by atoms with Gasteiger partial charge in [0.25, 0.3) is 0 Å². The van der Waals surface area contributed by atoms with E-state index in [4.69, 9.17) is 4.74 Å². The molecule has 0 spiro atoms. The van der Waals surface area contributed by atoms with Crippen molar-refractivity contribution in [3.63, 3.8) is 0 Å². The van der Waals surface area contributed by atoms with Crippen LogP contribution in [0.15, 0.2) is 48.5 Å². The smallest absolute Gasteiger partial charge is 0.234 e. The molecule has 2 N–H and O–H groups in total. The van der Waals surface area contributed by atoms with Crippen LogP contribution in [-0.4, -0.2) is 40.3 Å². The maximum atomic E-state index is 13.5. The molecule has 1 saturated carbocycles. The minimum absolute atomic E-state index is 0.0165. The van der Waals surface area contributed by atoms with E-state index in [9.17, 15) is 14.7 Å². The van der Waals surface area contributed by atoms with Crippen molar-refractivity contribution in [2.45, 2.75) is 74.5 Å². The van der Waals surface area contributed by atoms with E-state index >= 15 is 0 Å². The summed E-state index contributed by atoms with van der Waals surface area (Å²) in [5.41, 5.74) is 2.54. The Kier molecular flexibility index (Phi) is 6.87. The lowest BCUT2D eigenvalue weighted by Crippen LogP contribution is -2.58. The number of ketones is 1. The summed E-state index contributed by atoms with van der Waals surface area (Å²) in [5.74, 6) is 0.711. The van der Waals surface area contributed by atoms with Crippen molar-refractivity contribution in [2.24, 2.45) is 0 Å². The van der Waals surface area contributed by atoms with E-state index in [0.29, 0.717) is 18.6 Å². The predicted molar refractivity (Wildman–Crippen MR) is 132 cm³/mol. The lowest BCUT2D eigenvalue weighted by molar-refractivity contribution is -0.129. The van der Waals surface area contributed by atoms with Crippen molar-refractivity contribution in [3.05, 3.63) is 65.2 Å². The van der Waals surface area contributed by atoms with Gasteiger partial charge in [-0.15, -0.1) is 11.8 Å². The molecule has 0 radical (unpaired) electrons. The van der Waals surface area contributed by atoms with Crippen LogP contribution in [0.5, 0.6) is 5.75 Å². The molecule has 1 aliphatic heterocycles. The molecule has 33 heavy (non-hydrogen) atoms. The van der Waals surface area contributed by atoms with Crippen LogP contribution in [0.25, 0.3) is 0 Å². The zero-order valence-corrected chi connectivity index (χ0v) is 20.4. The first-order chi connectivity index (χ1) is 15.7. The molecule has 2 aliphatic rings. The molecule has 4 rings (SSSR count). The molecule has 1 amide bonds. The number of Topliss-reactive ketones (excluding diaryl/α,β-unsaturated/α-hetero) is 1. The first-order valence-corrected chi connectivity index (χ1v) is 12.7. The van der Waals surface area contributed by atoms with E-state index in [1.165, 1.54) is 5.56 Å². The molecular formula is C27H33NO4S. The van der Waals surface area contributed by atoms with Gasteiger partial charge in [0.1, 0.15) is 17.9 Å². The van der Waals surface area contributed by atoms with E-state index in [-0.39, 0.29) is 35.6 Å². The second-order valence-corrected chi connectivity index (χ2v) is 11.4. The molecule has 1 heterocycles. The average Bonchev–Trinajstić information content (AvgIpc) is 3.30. The minimum atomic E-state index is -0.872.